The average molecular weight is 627 g/mol. The molecule has 2 aliphatic heterocycles. The molecule has 0 bridgehead atoms. The number of aliphatic imine (C=N–C) groups is 1. The molecule has 8 heteroatoms. The molecule has 2 heterocycles. The molecule has 2 unspecified atom stereocenters. The Bertz CT molecular complexity index is 1430. The zero-order chi connectivity index (χ0) is 32.9. The van der Waals surface area contributed by atoms with Gasteiger partial charge in [-0.25, -0.2) is 0 Å². The predicted octanol–water partition coefficient (Wildman–Crippen LogP) is 5.87. The van der Waals surface area contributed by atoms with Crippen LogP contribution in [0.2, 0.25) is 0 Å². The topological polar surface area (TPSA) is 106 Å². The van der Waals surface area contributed by atoms with E-state index in [4.69, 9.17) is 15.2 Å². The number of carbonyl (C=O) groups excluding carboxylic acids is 2. The molecule has 0 aliphatic carbocycles. The molecule has 46 heavy (non-hydrogen) atoms. The summed E-state index contributed by atoms with van der Waals surface area (Å²) in [6.45, 7) is 9.31. The normalized spacial score (nSPS) is 19.4. The molecule has 4 atom stereocenters. The van der Waals surface area contributed by atoms with Crippen molar-refractivity contribution in [1.29, 1.82) is 0 Å². The van der Waals surface area contributed by atoms with Crippen LogP contribution in [0.15, 0.2) is 95.8 Å². The Kier molecular flexibility index (Phi) is 12.9. The maximum Gasteiger partial charge on any atom is 0.302 e. The van der Waals surface area contributed by atoms with E-state index in [1.807, 2.05) is 43.5 Å². The Morgan fingerprint density at radius 2 is 1.93 bits per heavy atom. The summed E-state index contributed by atoms with van der Waals surface area (Å²) in [6, 6.07) is 18.2. The van der Waals surface area contributed by atoms with Crippen LogP contribution in [0.4, 0.5) is 0 Å². The number of nitrogens with zero attached hydrogens (tertiary/aromatic N) is 2. The number of rotatable bonds is 15. The van der Waals surface area contributed by atoms with Gasteiger partial charge in [-0.2, -0.15) is 0 Å². The fraction of sp³-hybridized carbons (Fsp3) is 0.447. The smallest absolute Gasteiger partial charge is 0.302 e. The van der Waals surface area contributed by atoms with Gasteiger partial charge in [0.1, 0.15) is 6.61 Å². The van der Waals surface area contributed by atoms with Gasteiger partial charge in [-0.3, -0.25) is 14.6 Å². The van der Waals surface area contributed by atoms with Gasteiger partial charge in [-0.05, 0) is 74.3 Å². The summed E-state index contributed by atoms with van der Waals surface area (Å²) in [5.41, 5.74) is 10.9. The zero-order valence-electron chi connectivity index (χ0n) is 27.8. The van der Waals surface area contributed by atoms with E-state index < -0.39 is 11.5 Å². The maximum atomic E-state index is 12.4. The minimum absolute atomic E-state index is 0.159. The second kappa shape index (κ2) is 17.1. The number of hydrogen-bond donors (Lipinski definition) is 2. The quantitative estimate of drug-likeness (QED) is 0.189. The number of likely N-dealkylation sites (tertiary alicyclic amines) is 1. The molecule has 8 nitrogen and oxygen atoms in total. The van der Waals surface area contributed by atoms with Crippen LogP contribution >= 0.6 is 0 Å². The maximum absolute atomic E-state index is 12.4. The minimum Gasteiger partial charge on any atom is -0.465 e. The second-order valence-corrected chi connectivity index (χ2v) is 12.8. The van der Waals surface area contributed by atoms with Crippen LogP contribution in [0.1, 0.15) is 70.1 Å². The van der Waals surface area contributed by atoms with Gasteiger partial charge in [0.15, 0.2) is 0 Å². The lowest BCUT2D eigenvalue weighted by Gasteiger charge is -2.28. The molecule has 0 spiro atoms. The Morgan fingerprint density at radius 3 is 2.65 bits per heavy atom. The van der Waals surface area contributed by atoms with E-state index in [0.29, 0.717) is 13.2 Å². The van der Waals surface area contributed by atoms with Crippen LogP contribution in [0.25, 0.3) is 0 Å². The Morgan fingerprint density at radius 1 is 1.15 bits per heavy atom. The molecule has 2 aliphatic rings. The first-order valence-corrected chi connectivity index (χ1v) is 16.4. The van der Waals surface area contributed by atoms with Crippen LogP contribution < -0.4 is 11.1 Å². The van der Waals surface area contributed by atoms with E-state index in [1.165, 1.54) is 12.5 Å². The molecule has 246 valence electrons. The summed E-state index contributed by atoms with van der Waals surface area (Å²) in [6.07, 6.45) is 15.1. The van der Waals surface area contributed by atoms with Crippen molar-refractivity contribution in [1.82, 2.24) is 10.2 Å². The molecular formula is C38H50N4O4. The lowest BCUT2D eigenvalue weighted by Crippen LogP contribution is -2.40. The van der Waals surface area contributed by atoms with Crippen LogP contribution in [0.3, 0.4) is 0 Å². The van der Waals surface area contributed by atoms with Crippen LogP contribution in [-0.4, -0.2) is 60.4 Å². The van der Waals surface area contributed by atoms with E-state index in [0.717, 1.165) is 61.1 Å². The predicted molar refractivity (Wildman–Crippen MR) is 184 cm³/mol. The Hall–Kier alpha value is -4.01. The molecule has 1 amide bonds. The van der Waals surface area contributed by atoms with Gasteiger partial charge in [-0.1, -0.05) is 73.7 Å². The number of nitrogens with one attached hydrogen (secondary N) is 1. The summed E-state index contributed by atoms with van der Waals surface area (Å²) < 4.78 is 11.8. The molecule has 1 saturated heterocycles. The van der Waals surface area contributed by atoms with Gasteiger partial charge >= 0.3 is 5.97 Å². The van der Waals surface area contributed by atoms with Crippen LogP contribution in [0, 0.1) is 5.41 Å². The first-order valence-electron chi connectivity index (χ1n) is 16.4. The van der Waals surface area contributed by atoms with Crippen molar-refractivity contribution < 1.29 is 19.1 Å². The van der Waals surface area contributed by atoms with Crippen LogP contribution in [-0.2, 0) is 32.1 Å². The summed E-state index contributed by atoms with van der Waals surface area (Å²) in [5, 5.41) is 2.97. The lowest BCUT2D eigenvalue weighted by atomic mass is 9.82. The number of carbonyl (C=O) groups is 2. The number of benzene rings is 2. The van der Waals surface area contributed by atoms with E-state index in [9.17, 15) is 9.59 Å². The van der Waals surface area contributed by atoms with Crippen molar-refractivity contribution in [3.8, 4) is 0 Å². The van der Waals surface area contributed by atoms with Crippen molar-refractivity contribution in [3.05, 3.63) is 107 Å². The Labute approximate surface area is 274 Å². The number of amides is 1. The third-order valence-corrected chi connectivity index (χ3v) is 8.50. The molecule has 2 aromatic carbocycles. The van der Waals surface area contributed by atoms with Crippen molar-refractivity contribution in [2.45, 2.75) is 84.6 Å². The Balaban J connectivity index is 1.52. The fourth-order valence-electron chi connectivity index (χ4n) is 5.76. The average Bonchev–Trinajstić information content (AvgIpc) is 3.51. The molecule has 3 N–H and O–H groups in total. The summed E-state index contributed by atoms with van der Waals surface area (Å²) in [4.78, 5) is 31.1. The van der Waals surface area contributed by atoms with Gasteiger partial charge in [0.2, 0.25) is 5.91 Å². The molecule has 1 fully saturated rings. The highest BCUT2D eigenvalue weighted by molar-refractivity contribution is 6.01. The van der Waals surface area contributed by atoms with Crippen LogP contribution in [0.5, 0.6) is 0 Å². The number of allylic oxidation sites excluding steroid dienone is 1. The highest BCUT2D eigenvalue weighted by atomic mass is 16.5. The van der Waals surface area contributed by atoms with Gasteiger partial charge in [0.05, 0.1) is 18.8 Å². The monoisotopic (exact) mass is 626 g/mol. The first-order chi connectivity index (χ1) is 22.1. The van der Waals surface area contributed by atoms with E-state index in [1.54, 1.807) is 6.92 Å². The molecule has 0 saturated carbocycles. The summed E-state index contributed by atoms with van der Waals surface area (Å²) >= 11 is 0. The summed E-state index contributed by atoms with van der Waals surface area (Å²) in [5.74, 6) is -0.485. The zero-order valence-corrected chi connectivity index (χ0v) is 27.8. The largest absolute Gasteiger partial charge is 0.465 e. The first kappa shape index (κ1) is 34.9. The number of hydrogen-bond acceptors (Lipinski definition) is 7. The van der Waals surface area contributed by atoms with Gasteiger partial charge in [0.25, 0.3) is 0 Å². The molecule has 0 radical (unpaired) electrons. The molecule has 2 aromatic rings. The van der Waals surface area contributed by atoms with Crippen molar-refractivity contribution >= 4 is 17.6 Å². The third-order valence-electron chi connectivity index (χ3n) is 8.50. The fourth-order valence-corrected chi connectivity index (χ4v) is 5.76. The molecular weight excluding hydrogens is 576 g/mol. The van der Waals surface area contributed by atoms with E-state index >= 15 is 0 Å². The number of ether oxygens (including phenoxy) is 2. The van der Waals surface area contributed by atoms with E-state index in [2.05, 4.69) is 70.8 Å². The van der Waals surface area contributed by atoms with Crippen molar-refractivity contribution in [2.75, 3.05) is 19.7 Å². The highest BCUT2D eigenvalue weighted by Gasteiger charge is 2.27. The SMILES string of the molecule is CC(=O)OC[C@@](C)(/C=C/C1CCCN1/C=C(/CNC(=O)[C@H](C)N)C(C)OCc1ccccc1)Cc1cccc(C2=NC=CCC2)c1. The highest BCUT2D eigenvalue weighted by Crippen LogP contribution is 2.29. The van der Waals surface area contributed by atoms with Gasteiger partial charge in [0, 0.05) is 49.6 Å². The van der Waals surface area contributed by atoms with Crippen molar-refractivity contribution in [2.24, 2.45) is 16.1 Å². The van der Waals surface area contributed by atoms with Crippen molar-refractivity contribution in [3.63, 3.8) is 0 Å². The molecule has 0 aromatic heterocycles. The number of nitrogens with two attached hydrogens (primary N) is 1. The minimum atomic E-state index is -0.590. The lowest BCUT2D eigenvalue weighted by molar-refractivity contribution is -0.143. The summed E-state index contributed by atoms with van der Waals surface area (Å²) in [7, 11) is 0. The number of esters is 1. The molecule has 4 rings (SSSR count). The second-order valence-electron chi connectivity index (χ2n) is 12.8. The third kappa shape index (κ3) is 10.8. The van der Waals surface area contributed by atoms with E-state index in [-0.39, 0.29) is 30.6 Å². The standard InChI is InChI=1S/C38H50N4O4/c1-28(39)37(44)41-24-34(29(2)45-26-31-12-6-5-7-13-31)25-42-21-11-16-35(42)18-19-38(4,27-46-30(3)43)23-32-14-10-15-33(22-32)36-17-8-9-20-40-36/h5-7,9-10,12-15,18-20,22,25,28-29,35H,8,11,16-17,21,23-24,26-27,39H2,1-4H3,(H,41,44)/b19-18+,34-25-/t28-,29?,35?,38-/m0/s1. The van der Waals surface area contributed by atoms with Gasteiger partial charge in [-0.15, -0.1) is 0 Å². The van der Waals surface area contributed by atoms with Gasteiger partial charge < -0.3 is 25.4 Å².